The van der Waals surface area contributed by atoms with E-state index in [1.165, 1.54) is 11.1 Å². The van der Waals surface area contributed by atoms with Crippen molar-refractivity contribution in [3.8, 4) is 5.75 Å². The molecule has 1 heterocycles. The summed E-state index contributed by atoms with van der Waals surface area (Å²) in [6, 6.07) is 6.63. The molecular weight excluding hydrogens is 186 g/mol. The van der Waals surface area contributed by atoms with Crippen LogP contribution in [0.25, 0.3) is 0 Å². The average Bonchev–Trinajstić information content (AvgIpc) is 2.27. The lowest BCUT2D eigenvalue weighted by Crippen LogP contribution is -2.35. The Morgan fingerprint density at radius 1 is 1.53 bits per heavy atom. The highest BCUT2D eigenvalue weighted by atomic mass is 16.5. The van der Waals surface area contributed by atoms with Gasteiger partial charge in [-0.15, -0.1) is 0 Å². The summed E-state index contributed by atoms with van der Waals surface area (Å²) in [7, 11) is 0. The number of fused-ring (bicyclic) bond motifs is 1. The molecule has 0 saturated carbocycles. The zero-order chi connectivity index (χ0) is 10.8. The number of hydrogen-bond donors (Lipinski definition) is 1. The zero-order valence-corrected chi connectivity index (χ0v) is 9.49. The third-order valence-electron chi connectivity index (χ3n) is 3.23. The molecule has 0 spiro atoms. The number of para-hydroxylation sites is 1. The Hall–Kier alpha value is -1.02. The summed E-state index contributed by atoms with van der Waals surface area (Å²) in [6.45, 7) is 4.99. The first-order valence-electron chi connectivity index (χ1n) is 5.71. The van der Waals surface area contributed by atoms with Gasteiger partial charge in [-0.3, -0.25) is 0 Å². The van der Waals surface area contributed by atoms with Crippen molar-refractivity contribution in [3.63, 3.8) is 0 Å². The topological polar surface area (TPSA) is 35.2 Å². The van der Waals surface area contributed by atoms with Crippen molar-refractivity contribution >= 4 is 0 Å². The van der Waals surface area contributed by atoms with Gasteiger partial charge in [-0.05, 0) is 30.9 Å². The quantitative estimate of drug-likeness (QED) is 0.803. The molecule has 2 rings (SSSR count). The van der Waals surface area contributed by atoms with Gasteiger partial charge in [0.05, 0.1) is 6.61 Å². The van der Waals surface area contributed by atoms with Gasteiger partial charge in [0.25, 0.3) is 0 Å². The smallest absolute Gasteiger partial charge is 0.125 e. The Balaban J connectivity index is 2.27. The van der Waals surface area contributed by atoms with Gasteiger partial charge in [-0.1, -0.05) is 25.1 Å². The van der Waals surface area contributed by atoms with Gasteiger partial charge in [0.2, 0.25) is 0 Å². The monoisotopic (exact) mass is 205 g/mol. The third-order valence-corrected chi connectivity index (χ3v) is 3.23. The fourth-order valence-electron chi connectivity index (χ4n) is 2.13. The molecule has 1 aromatic rings. The Bertz CT molecular complexity index is 346. The van der Waals surface area contributed by atoms with E-state index in [0.29, 0.717) is 5.92 Å². The summed E-state index contributed by atoms with van der Waals surface area (Å²) >= 11 is 0. The highest BCUT2D eigenvalue weighted by molar-refractivity contribution is 5.43. The molecule has 2 unspecified atom stereocenters. The lowest BCUT2D eigenvalue weighted by molar-refractivity contribution is 0.202. The lowest BCUT2D eigenvalue weighted by Gasteiger charge is -2.29. The SMILES string of the molecule is CCc1cccc2c1OCC(C(C)N)C2. The van der Waals surface area contributed by atoms with Gasteiger partial charge in [-0.25, -0.2) is 0 Å². The number of aryl methyl sites for hydroxylation is 1. The van der Waals surface area contributed by atoms with Crippen molar-refractivity contribution in [3.05, 3.63) is 29.3 Å². The van der Waals surface area contributed by atoms with E-state index in [4.69, 9.17) is 10.5 Å². The summed E-state index contributed by atoms with van der Waals surface area (Å²) < 4.78 is 5.84. The van der Waals surface area contributed by atoms with Crippen molar-refractivity contribution in [2.75, 3.05) is 6.61 Å². The van der Waals surface area contributed by atoms with E-state index in [9.17, 15) is 0 Å². The minimum atomic E-state index is 0.212. The van der Waals surface area contributed by atoms with Gasteiger partial charge < -0.3 is 10.5 Å². The Morgan fingerprint density at radius 2 is 2.33 bits per heavy atom. The predicted octanol–water partition coefficient (Wildman–Crippen LogP) is 2.15. The molecule has 0 fully saturated rings. The fraction of sp³-hybridized carbons (Fsp3) is 0.538. The van der Waals surface area contributed by atoms with Crippen LogP contribution in [0.3, 0.4) is 0 Å². The van der Waals surface area contributed by atoms with Crippen molar-refractivity contribution in [2.45, 2.75) is 32.7 Å². The van der Waals surface area contributed by atoms with Crippen LogP contribution in [0, 0.1) is 5.92 Å². The molecule has 1 aromatic carbocycles. The molecule has 2 N–H and O–H groups in total. The Labute approximate surface area is 91.4 Å². The summed E-state index contributed by atoms with van der Waals surface area (Å²) in [5.41, 5.74) is 8.55. The van der Waals surface area contributed by atoms with Crippen molar-refractivity contribution < 1.29 is 4.74 Å². The molecule has 2 heteroatoms. The molecule has 0 bridgehead atoms. The van der Waals surface area contributed by atoms with Crippen molar-refractivity contribution in [1.82, 2.24) is 0 Å². The molecule has 15 heavy (non-hydrogen) atoms. The fourth-order valence-corrected chi connectivity index (χ4v) is 2.13. The van der Waals surface area contributed by atoms with Crippen LogP contribution in [0.1, 0.15) is 25.0 Å². The zero-order valence-electron chi connectivity index (χ0n) is 9.49. The largest absolute Gasteiger partial charge is 0.493 e. The molecular formula is C13H19NO. The molecule has 82 valence electrons. The van der Waals surface area contributed by atoms with Gasteiger partial charge >= 0.3 is 0 Å². The molecule has 0 aromatic heterocycles. The van der Waals surface area contributed by atoms with Gasteiger partial charge in [0.15, 0.2) is 0 Å². The molecule has 2 atom stereocenters. The van der Waals surface area contributed by atoms with Gasteiger partial charge in [-0.2, -0.15) is 0 Å². The second-order valence-corrected chi connectivity index (χ2v) is 4.39. The molecule has 0 saturated heterocycles. The summed E-state index contributed by atoms with van der Waals surface area (Å²) in [6.07, 6.45) is 2.09. The Kier molecular flexibility index (Phi) is 2.96. The third kappa shape index (κ3) is 2.00. The van der Waals surface area contributed by atoms with E-state index >= 15 is 0 Å². The van der Waals surface area contributed by atoms with Crippen LogP contribution in [0.5, 0.6) is 5.75 Å². The van der Waals surface area contributed by atoms with E-state index in [-0.39, 0.29) is 6.04 Å². The van der Waals surface area contributed by atoms with Gasteiger partial charge in [0.1, 0.15) is 5.75 Å². The summed E-state index contributed by atoms with van der Waals surface area (Å²) in [4.78, 5) is 0. The van der Waals surface area contributed by atoms with E-state index in [1.54, 1.807) is 0 Å². The summed E-state index contributed by atoms with van der Waals surface area (Å²) in [5, 5.41) is 0. The predicted molar refractivity (Wildman–Crippen MR) is 62.2 cm³/mol. The first-order valence-corrected chi connectivity index (χ1v) is 5.71. The molecule has 2 nitrogen and oxygen atoms in total. The molecule has 1 aliphatic rings. The molecule has 1 aliphatic heterocycles. The van der Waals surface area contributed by atoms with Crippen LogP contribution in [0.4, 0.5) is 0 Å². The van der Waals surface area contributed by atoms with E-state index in [0.717, 1.165) is 25.2 Å². The van der Waals surface area contributed by atoms with Crippen molar-refractivity contribution in [2.24, 2.45) is 11.7 Å². The normalized spacial score (nSPS) is 21.7. The van der Waals surface area contributed by atoms with Crippen LogP contribution in [-0.2, 0) is 12.8 Å². The van der Waals surface area contributed by atoms with Crippen molar-refractivity contribution in [1.29, 1.82) is 0 Å². The number of benzene rings is 1. The van der Waals surface area contributed by atoms with Gasteiger partial charge in [0, 0.05) is 12.0 Å². The molecule has 0 amide bonds. The maximum atomic E-state index is 5.91. The van der Waals surface area contributed by atoms with Crippen LogP contribution in [0.2, 0.25) is 0 Å². The minimum Gasteiger partial charge on any atom is -0.493 e. The number of hydrogen-bond acceptors (Lipinski definition) is 2. The van der Waals surface area contributed by atoms with Crippen LogP contribution < -0.4 is 10.5 Å². The van der Waals surface area contributed by atoms with Crippen LogP contribution in [0.15, 0.2) is 18.2 Å². The molecule has 0 aliphatic carbocycles. The number of rotatable bonds is 2. The first-order chi connectivity index (χ1) is 7.22. The Morgan fingerprint density at radius 3 is 3.00 bits per heavy atom. The first kappa shape index (κ1) is 10.5. The van der Waals surface area contributed by atoms with Crippen LogP contribution >= 0.6 is 0 Å². The highest BCUT2D eigenvalue weighted by Crippen LogP contribution is 2.31. The van der Waals surface area contributed by atoms with E-state index < -0.39 is 0 Å². The lowest BCUT2D eigenvalue weighted by atomic mass is 9.90. The van der Waals surface area contributed by atoms with Crippen LogP contribution in [-0.4, -0.2) is 12.6 Å². The maximum absolute atomic E-state index is 5.91. The number of ether oxygens (including phenoxy) is 1. The second kappa shape index (κ2) is 4.23. The highest BCUT2D eigenvalue weighted by Gasteiger charge is 2.23. The summed E-state index contributed by atoms with van der Waals surface area (Å²) in [5.74, 6) is 1.57. The minimum absolute atomic E-state index is 0.212. The second-order valence-electron chi connectivity index (χ2n) is 4.39. The van der Waals surface area contributed by atoms with E-state index in [2.05, 4.69) is 32.0 Å². The average molecular weight is 205 g/mol. The molecule has 0 radical (unpaired) electrons. The number of nitrogens with two attached hydrogens (primary N) is 1. The van der Waals surface area contributed by atoms with E-state index in [1.807, 2.05) is 0 Å². The maximum Gasteiger partial charge on any atom is 0.125 e. The standard InChI is InChI=1S/C13H19NO/c1-3-10-5-4-6-11-7-12(9(2)14)8-15-13(10)11/h4-6,9,12H,3,7-8,14H2,1-2H3.